The molecule has 0 spiro atoms. The summed E-state index contributed by atoms with van der Waals surface area (Å²) in [5.74, 6) is -0.160. The summed E-state index contributed by atoms with van der Waals surface area (Å²) in [5.41, 5.74) is 5.21. The highest BCUT2D eigenvalue weighted by Gasteiger charge is 2.11. The first-order chi connectivity index (χ1) is 11.7. The first kappa shape index (κ1) is 14.9. The standard InChI is InChI=1S/C22H19FN/c1-3-24-21-10-5-4-8-18(21)19-14-16(11-12-22(19)24)13-17-7-6-9-20(23)15(17)2/h4-14H,3H2,1-2H3. The number of hydrogen-bond acceptors (Lipinski definition) is 0. The van der Waals surface area contributed by atoms with Crippen molar-refractivity contribution in [3.05, 3.63) is 89.6 Å². The number of aryl methyl sites for hydroxylation is 1. The van der Waals surface area contributed by atoms with Crippen molar-refractivity contribution in [1.82, 2.24) is 4.57 Å². The highest BCUT2D eigenvalue weighted by molar-refractivity contribution is 6.08. The number of fused-ring (bicyclic) bond motifs is 3. The normalized spacial score (nSPS) is 11.5. The maximum absolute atomic E-state index is 13.8. The van der Waals surface area contributed by atoms with Gasteiger partial charge >= 0.3 is 0 Å². The van der Waals surface area contributed by atoms with Crippen molar-refractivity contribution in [1.29, 1.82) is 0 Å². The fourth-order valence-corrected chi connectivity index (χ4v) is 3.46. The van der Waals surface area contributed by atoms with Crippen LogP contribution in [-0.2, 0) is 6.54 Å². The molecule has 1 heterocycles. The average Bonchev–Trinajstić information content (AvgIpc) is 2.92. The molecule has 0 saturated carbocycles. The van der Waals surface area contributed by atoms with Crippen molar-refractivity contribution >= 4 is 21.8 Å². The van der Waals surface area contributed by atoms with Gasteiger partial charge in [-0.15, -0.1) is 0 Å². The Labute approximate surface area is 141 Å². The summed E-state index contributed by atoms with van der Waals surface area (Å²) in [4.78, 5) is 0. The molecule has 0 aliphatic carbocycles. The first-order valence-corrected chi connectivity index (χ1v) is 8.30. The van der Waals surface area contributed by atoms with E-state index in [1.807, 2.05) is 13.0 Å². The zero-order chi connectivity index (χ0) is 16.7. The maximum Gasteiger partial charge on any atom is 0.126 e. The van der Waals surface area contributed by atoms with Crippen LogP contribution in [0.1, 0.15) is 23.6 Å². The number of nitrogens with zero attached hydrogens (tertiary/aromatic N) is 1. The van der Waals surface area contributed by atoms with Crippen molar-refractivity contribution in [3.63, 3.8) is 0 Å². The van der Waals surface area contributed by atoms with Crippen LogP contribution in [0.15, 0.2) is 60.7 Å². The third-order valence-corrected chi connectivity index (χ3v) is 4.74. The summed E-state index contributed by atoms with van der Waals surface area (Å²) in [6.45, 7) is 4.93. The topological polar surface area (TPSA) is 4.93 Å². The minimum atomic E-state index is -0.160. The second-order valence-corrected chi connectivity index (χ2v) is 6.14. The van der Waals surface area contributed by atoms with Crippen LogP contribution in [0.5, 0.6) is 0 Å². The van der Waals surface area contributed by atoms with Crippen LogP contribution in [0.4, 0.5) is 4.39 Å². The van der Waals surface area contributed by atoms with Gasteiger partial charge in [0.2, 0.25) is 0 Å². The third kappa shape index (κ3) is 2.30. The number of aromatic nitrogens is 1. The Morgan fingerprint density at radius 2 is 1.71 bits per heavy atom. The number of hydrogen-bond donors (Lipinski definition) is 0. The zero-order valence-corrected chi connectivity index (χ0v) is 13.9. The molecule has 0 saturated heterocycles. The number of rotatable bonds is 3. The Morgan fingerprint density at radius 1 is 0.917 bits per heavy atom. The second kappa shape index (κ2) is 5.79. The van der Waals surface area contributed by atoms with Gasteiger partial charge in [-0.05, 0) is 54.8 Å². The SMILES string of the molecule is CCn1c2ccccc2c2cc([CH]c3cccc(F)c3C)ccc21. The molecule has 4 aromatic rings. The van der Waals surface area contributed by atoms with Crippen molar-refractivity contribution in [3.8, 4) is 0 Å². The Hall–Kier alpha value is -2.61. The van der Waals surface area contributed by atoms with Gasteiger partial charge in [0.05, 0.1) is 0 Å². The second-order valence-electron chi connectivity index (χ2n) is 6.14. The number of benzene rings is 3. The van der Waals surface area contributed by atoms with Crippen LogP contribution in [0, 0.1) is 19.2 Å². The molecule has 1 aromatic heterocycles. The monoisotopic (exact) mass is 316 g/mol. The third-order valence-electron chi connectivity index (χ3n) is 4.74. The summed E-state index contributed by atoms with van der Waals surface area (Å²) < 4.78 is 16.1. The molecule has 1 nitrogen and oxygen atoms in total. The molecule has 3 aromatic carbocycles. The Kier molecular flexibility index (Phi) is 3.61. The van der Waals surface area contributed by atoms with Crippen LogP contribution in [0.3, 0.4) is 0 Å². The lowest BCUT2D eigenvalue weighted by Gasteiger charge is -2.07. The molecule has 2 heteroatoms. The molecular weight excluding hydrogens is 297 g/mol. The minimum Gasteiger partial charge on any atom is -0.341 e. The van der Waals surface area contributed by atoms with Gasteiger partial charge in [0.25, 0.3) is 0 Å². The van der Waals surface area contributed by atoms with Gasteiger partial charge in [-0.25, -0.2) is 4.39 Å². The largest absolute Gasteiger partial charge is 0.341 e. The molecule has 0 N–H and O–H groups in total. The molecular formula is C22H19FN. The van der Waals surface area contributed by atoms with Crippen LogP contribution in [0.25, 0.3) is 21.8 Å². The summed E-state index contributed by atoms with van der Waals surface area (Å²) >= 11 is 0. The van der Waals surface area contributed by atoms with Gasteiger partial charge in [-0.1, -0.05) is 36.4 Å². The smallest absolute Gasteiger partial charge is 0.126 e. The molecule has 0 aliphatic heterocycles. The Balaban J connectivity index is 1.87. The van der Waals surface area contributed by atoms with E-state index in [0.717, 1.165) is 17.7 Å². The molecule has 24 heavy (non-hydrogen) atoms. The van der Waals surface area contributed by atoms with Gasteiger partial charge in [-0.2, -0.15) is 0 Å². The maximum atomic E-state index is 13.8. The highest BCUT2D eigenvalue weighted by atomic mass is 19.1. The molecule has 0 unspecified atom stereocenters. The van der Waals surface area contributed by atoms with E-state index >= 15 is 0 Å². The fraction of sp³-hybridized carbons (Fsp3) is 0.136. The number of para-hydroxylation sites is 1. The van der Waals surface area contributed by atoms with E-state index in [0.29, 0.717) is 5.56 Å². The summed E-state index contributed by atoms with van der Waals surface area (Å²) in [6, 6.07) is 20.2. The quantitative estimate of drug-likeness (QED) is 0.446. The summed E-state index contributed by atoms with van der Waals surface area (Å²) in [5, 5.41) is 2.51. The molecule has 0 aliphatic rings. The zero-order valence-electron chi connectivity index (χ0n) is 13.9. The lowest BCUT2D eigenvalue weighted by molar-refractivity contribution is 0.617. The van der Waals surface area contributed by atoms with Crippen LogP contribution >= 0.6 is 0 Å². The van der Waals surface area contributed by atoms with Gasteiger partial charge in [0.15, 0.2) is 0 Å². The minimum absolute atomic E-state index is 0.160. The summed E-state index contributed by atoms with van der Waals surface area (Å²) in [6.07, 6.45) is 2.05. The molecule has 0 bridgehead atoms. The van der Waals surface area contributed by atoms with E-state index in [2.05, 4.69) is 60.4 Å². The summed E-state index contributed by atoms with van der Waals surface area (Å²) in [7, 11) is 0. The lowest BCUT2D eigenvalue weighted by atomic mass is 9.99. The van der Waals surface area contributed by atoms with Crippen molar-refractivity contribution < 1.29 is 4.39 Å². The Morgan fingerprint density at radius 3 is 2.54 bits per heavy atom. The van der Waals surface area contributed by atoms with E-state index in [1.54, 1.807) is 6.07 Å². The van der Waals surface area contributed by atoms with E-state index < -0.39 is 0 Å². The van der Waals surface area contributed by atoms with Crippen molar-refractivity contribution in [2.24, 2.45) is 0 Å². The van der Waals surface area contributed by atoms with E-state index in [9.17, 15) is 4.39 Å². The van der Waals surface area contributed by atoms with E-state index in [-0.39, 0.29) is 5.82 Å². The predicted octanol–water partition coefficient (Wildman–Crippen LogP) is 5.86. The molecule has 119 valence electrons. The van der Waals surface area contributed by atoms with Gasteiger partial charge in [0.1, 0.15) is 5.82 Å². The first-order valence-electron chi connectivity index (χ1n) is 8.30. The molecule has 4 rings (SSSR count). The molecule has 0 amide bonds. The molecule has 1 radical (unpaired) electrons. The van der Waals surface area contributed by atoms with Crippen LogP contribution in [-0.4, -0.2) is 4.57 Å². The molecule has 0 atom stereocenters. The molecule has 0 fully saturated rings. The van der Waals surface area contributed by atoms with E-state index in [1.165, 1.54) is 27.9 Å². The van der Waals surface area contributed by atoms with Gasteiger partial charge in [0, 0.05) is 34.8 Å². The fourth-order valence-electron chi connectivity index (χ4n) is 3.46. The van der Waals surface area contributed by atoms with E-state index in [4.69, 9.17) is 0 Å². The van der Waals surface area contributed by atoms with Gasteiger partial charge in [-0.3, -0.25) is 0 Å². The van der Waals surface area contributed by atoms with Gasteiger partial charge < -0.3 is 4.57 Å². The highest BCUT2D eigenvalue weighted by Crippen LogP contribution is 2.31. The Bertz CT molecular complexity index is 1040. The average molecular weight is 316 g/mol. The number of halogens is 1. The lowest BCUT2D eigenvalue weighted by Crippen LogP contribution is -1.94. The van der Waals surface area contributed by atoms with Crippen molar-refractivity contribution in [2.45, 2.75) is 20.4 Å². The van der Waals surface area contributed by atoms with Crippen LogP contribution in [0.2, 0.25) is 0 Å². The van der Waals surface area contributed by atoms with Crippen LogP contribution < -0.4 is 0 Å². The van der Waals surface area contributed by atoms with Crippen molar-refractivity contribution in [2.75, 3.05) is 0 Å². The predicted molar refractivity (Wildman–Crippen MR) is 98.8 cm³/mol.